The quantitative estimate of drug-likeness (QED) is 0.516. The molecule has 2 aliphatic rings. The van der Waals surface area contributed by atoms with Gasteiger partial charge >= 0.3 is 12.2 Å². The highest BCUT2D eigenvalue weighted by Gasteiger charge is 2.43. The summed E-state index contributed by atoms with van der Waals surface area (Å²) in [6.07, 6.45) is -4.41. The number of amides is 2. The summed E-state index contributed by atoms with van der Waals surface area (Å²) in [5.41, 5.74) is -0.105. The highest BCUT2D eigenvalue weighted by atomic mass is 32.3. The normalized spacial score (nSPS) is 19.1. The third-order valence-electron chi connectivity index (χ3n) is 5.87. The van der Waals surface area contributed by atoms with Gasteiger partial charge in [-0.2, -0.15) is 29.0 Å². The van der Waals surface area contributed by atoms with E-state index in [1.807, 2.05) is 6.07 Å². The van der Waals surface area contributed by atoms with Gasteiger partial charge in [-0.1, -0.05) is 12.1 Å². The smallest absolute Gasteiger partial charge is 0.326 e. The van der Waals surface area contributed by atoms with Crippen LogP contribution in [0.3, 0.4) is 0 Å². The second-order valence-electron chi connectivity index (χ2n) is 7.87. The minimum Gasteiger partial charge on any atom is -0.326 e. The van der Waals surface area contributed by atoms with Crippen LogP contribution in [0.4, 0.5) is 23.7 Å². The molecule has 0 aromatic heterocycles. The Morgan fingerprint density at radius 1 is 1.18 bits per heavy atom. The predicted octanol–water partition coefficient (Wildman–Crippen LogP) is 5.59. The molecule has 0 radical (unpaired) electrons. The lowest BCUT2D eigenvalue weighted by atomic mass is 9.94. The van der Waals surface area contributed by atoms with Gasteiger partial charge in [-0.15, -0.1) is 0 Å². The molecule has 7 nitrogen and oxygen atoms in total. The molecule has 0 bridgehead atoms. The van der Waals surface area contributed by atoms with Crippen molar-refractivity contribution >= 4 is 28.1 Å². The van der Waals surface area contributed by atoms with E-state index in [2.05, 4.69) is 5.32 Å². The number of urea groups is 1. The second kappa shape index (κ2) is 8.47. The Morgan fingerprint density at radius 2 is 1.91 bits per heavy atom. The summed E-state index contributed by atoms with van der Waals surface area (Å²) in [5, 5.41) is 11.9. The Kier molecular flexibility index (Phi) is 5.93. The Labute approximate surface area is 194 Å². The maximum absolute atomic E-state index is 13.2. The van der Waals surface area contributed by atoms with Crippen molar-refractivity contribution in [3.63, 3.8) is 0 Å². The zero-order chi connectivity index (χ0) is 24.8. The number of allylic oxidation sites excluding steroid dienone is 1. The van der Waals surface area contributed by atoms with E-state index in [-0.39, 0.29) is 57.4 Å². The molecule has 1 aliphatic carbocycles. The van der Waals surface area contributed by atoms with Gasteiger partial charge < -0.3 is 5.32 Å². The molecule has 0 spiro atoms. The first-order chi connectivity index (χ1) is 16.0. The summed E-state index contributed by atoms with van der Waals surface area (Å²) >= 11 is 0. The van der Waals surface area contributed by atoms with Crippen LogP contribution < -0.4 is 10.2 Å². The van der Waals surface area contributed by atoms with Gasteiger partial charge in [0.25, 0.3) is 0 Å². The lowest BCUT2D eigenvalue weighted by Gasteiger charge is -2.38. The molecule has 0 saturated heterocycles. The van der Waals surface area contributed by atoms with Crippen molar-refractivity contribution < 1.29 is 31.9 Å². The first-order valence-corrected chi connectivity index (χ1v) is 12.0. The Morgan fingerprint density at radius 3 is 2.56 bits per heavy atom. The number of carbonyl (C=O) groups excluding carboxylic acids is 2. The molecule has 3 N–H and O–H groups in total. The number of carbonyl (C=O) groups is 2. The van der Waals surface area contributed by atoms with E-state index < -0.39 is 34.4 Å². The fraction of sp³-hybridized carbons (Fsp3) is 0.261. The van der Waals surface area contributed by atoms with Crippen LogP contribution in [0.5, 0.6) is 0 Å². The number of anilines is 1. The largest absolute Gasteiger partial charge is 0.416 e. The second-order valence-corrected chi connectivity index (χ2v) is 10.2. The fourth-order valence-corrected chi connectivity index (χ4v) is 5.40. The number of hydrogen-bond acceptors (Lipinski definition) is 5. The van der Waals surface area contributed by atoms with Gasteiger partial charge in [0.15, 0.2) is 5.78 Å². The number of hydrogen-bond donors (Lipinski definition) is 3. The zero-order valence-electron chi connectivity index (χ0n) is 17.9. The maximum Gasteiger partial charge on any atom is 0.416 e. The maximum atomic E-state index is 13.2. The molecule has 0 saturated carbocycles. The van der Waals surface area contributed by atoms with Gasteiger partial charge in [-0.3, -0.25) is 18.8 Å². The Bertz CT molecular complexity index is 1270. The van der Waals surface area contributed by atoms with Crippen LogP contribution in [-0.4, -0.2) is 26.7 Å². The van der Waals surface area contributed by atoms with E-state index in [9.17, 15) is 37.1 Å². The molecular formula is C23H20F3N3O4S. The van der Waals surface area contributed by atoms with E-state index in [4.69, 9.17) is 0 Å². The minimum absolute atomic E-state index is 0.0362. The summed E-state index contributed by atoms with van der Waals surface area (Å²) in [6, 6.07) is 8.62. The molecule has 1 heterocycles. The van der Waals surface area contributed by atoms with Crippen molar-refractivity contribution in [1.82, 2.24) is 5.32 Å². The summed E-state index contributed by atoms with van der Waals surface area (Å²) in [7, 11) is -3.34. The lowest BCUT2D eigenvalue weighted by molar-refractivity contribution is -0.137. The number of rotatable bonds is 4. The van der Waals surface area contributed by atoms with Crippen LogP contribution >= 0.6 is 10.6 Å². The first-order valence-electron chi connectivity index (χ1n) is 10.3. The zero-order valence-corrected chi connectivity index (χ0v) is 18.7. The Hall–Kier alpha value is -3.33. The molecule has 2 aromatic carbocycles. The molecule has 11 heteroatoms. The van der Waals surface area contributed by atoms with Gasteiger partial charge in [0.05, 0.1) is 33.8 Å². The average Bonchev–Trinajstić information content (AvgIpc) is 3.18. The van der Waals surface area contributed by atoms with E-state index in [1.165, 1.54) is 30.3 Å². The molecule has 2 aromatic rings. The van der Waals surface area contributed by atoms with Crippen molar-refractivity contribution in [3.8, 4) is 6.07 Å². The van der Waals surface area contributed by atoms with E-state index >= 15 is 0 Å². The van der Waals surface area contributed by atoms with Crippen molar-refractivity contribution in [1.29, 1.82) is 5.26 Å². The molecule has 4 rings (SSSR count). The SMILES string of the molecule is CCS(O)(O)c1cc(C#N)ccc1[C@@H]1NC(=O)N(c2cccc(C(F)(F)F)c2)C2=C1C(=O)CC2. The molecular weight excluding hydrogens is 471 g/mol. The molecule has 1 aliphatic heterocycles. The number of halogens is 3. The highest BCUT2D eigenvalue weighted by Crippen LogP contribution is 2.53. The Balaban J connectivity index is 1.88. The predicted molar refractivity (Wildman–Crippen MR) is 119 cm³/mol. The number of nitriles is 1. The van der Waals surface area contributed by atoms with Gasteiger partial charge in [0.2, 0.25) is 0 Å². The van der Waals surface area contributed by atoms with Crippen LogP contribution in [0.15, 0.2) is 58.6 Å². The number of ketones is 1. The molecule has 0 fully saturated rings. The summed E-state index contributed by atoms with van der Waals surface area (Å²) in [4.78, 5) is 27.1. The molecule has 34 heavy (non-hydrogen) atoms. The first kappa shape index (κ1) is 23.8. The van der Waals surface area contributed by atoms with E-state index in [0.717, 1.165) is 17.0 Å². The van der Waals surface area contributed by atoms with Crippen LogP contribution in [0.2, 0.25) is 0 Å². The number of alkyl halides is 3. The minimum atomic E-state index is -4.61. The van der Waals surface area contributed by atoms with Gasteiger partial charge in [0.1, 0.15) is 0 Å². The number of benzene rings is 2. The van der Waals surface area contributed by atoms with Gasteiger partial charge in [-0.25, -0.2) is 4.79 Å². The van der Waals surface area contributed by atoms with Gasteiger partial charge in [0, 0.05) is 29.0 Å². The fourth-order valence-electron chi connectivity index (χ4n) is 4.21. The third kappa shape index (κ3) is 4.04. The number of nitrogens with zero attached hydrogens (tertiary/aromatic N) is 2. The summed E-state index contributed by atoms with van der Waals surface area (Å²) in [6.45, 7) is 1.55. The third-order valence-corrected chi connectivity index (χ3v) is 7.73. The van der Waals surface area contributed by atoms with Crippen molar-refractivity contribution in [2.24, 2.45) is 0 Å². The molecule has 178 valence electrons. The van der Waals surface area contributed by atoms with Crippen molar-refractivity contribution in [2.45, 2.75) is 36.9 Å². The van der Waals surface area contributed by atoms with E-state index in [0.29, 0.717) is 0 Å². The highest BCUT2D eigenvalue weighted by molar-refractivity contribution is 8.24. The molecule has 2 amide bonds. The topological polar surface area (TPSA) is 114 Å². The standard InChI is InChI=1S/C23H20F3N3O4S/c1-2-34(32,33)19-10-13(12-27)6-7-16(19)21-20-17(8-9-18(20)30)29(22(31)28-21)15-5-3-4-14(11-15)23(24,25)26/h3-7,10-11,21,32-33H,2,8-9H2,1H3,(H,28,31)/t21-/m0/s1. The monoisotopic (exact) mass is 491 g/mol. The number of nitrogens with one attached hydrogen (secondary N) is 1. The summed E-state index contributed by atoms with van der Waals surface area (Å²) < 4.78 is 61.0. The molecule has 1 atom stereocenters. The van der Waals surface area contributed by atoms with Crippen molar-refractivity contribution in [2.75, 3.05) is 10.7 Å². The summed E-state index contributed by atoms with van der Waals surface area (Å²) in [5.74, 6) is -0.355. The van der Waals surface area contributed by atoms with Crippen molar-refractivity contribution in [3.05, 3.63) is 70.4 Å². The van der Waals surface area contributed by atoms with Crippen LogP contribution in [0, 0.1) is 11.3 Å². The average molecular weight is 491 g/mol. The van der Waals surface area contributed by atoms with E-state index in [1.54, 1.807) is 6.92 Å². The number of Topliss-reactive ketones (excluding diaryl/α,β-unsaturated/α-hetero) is 1. The van der Waals surface area contributed by atoms with Crippen LogP contribution in [0.1, 0.15) is 42.5 Å². The van der Waals surface area contributed by atoms with Crippen LogP contribution in [-0.2, 0) is 11.0 Å². The van der Waals surface area contributed by atoms with Crippen LogP contribution in [0.25, 0.3) is 0 Å². The van der Waals surface area contributed by atoms with Gasteiger partial charge in [-0.05, 0) is 43.7 Å². The molecule has 0 unspecified atom stereocenters. The lowest BCUT2D eigenvalue weighted by Crippen LogP contribution is -2.47.